The lowest BCUT2D eigenvalue weighted by molar-refractivity contribution is 0.558. The van der Waals surface area contributed by atoms with Gasteiger partial charge in [0.15, 0.2) is 0 Å². The Bertz CT molecular complexity index is 449. The van der Waals surface area contributed by atoms with Gasteiger partial charge in [0.25, 0.3) is 0 Å². The van der Waals surface area contributed by atoms with E-state index in [4.69, 9.17) is 0 Å². The maximum absolute atomic E-state index is 11.7. The Morgan fingerprint density at radius 3 is 2.06 bits per heavy atom. The van der Waals surface area contributed by atoms with Gasteiger partial charge in [-0.3, -0.25) is 0 Å². The zero-order chi connectivity index (χ0) is 13.1. The summed E-state index contributed by atoms with van der Waals surface area (Å²) in [6.45, 7) is 7.31. The van der Waals surface area contributed by atoms with Gasteiger partial charge in [0.1, 0.15) is 0 Å². The molecule has 17 heavy (non-hydrogen) atoms. The second-order valence-corrected chi connectivity index (χ2v) is 6.80. The first-order chi connectivity index (χ1) is 7.86. The minimum atomic E-state index is -3.21. The van der Waals surface area contributed by atoms with E-state index in [1.54, 1.807) is 13.8 Å². The summed E-state index contributed by atoms with van der Waals surface area (Å²) in [7, 11) is -3.21. The summed E-state index contributed by atoms with van der Waals surface area (Å²) in [6.07, 6.45) is 0.992. The summed E-state index contributed by atoms with van der Waals surface area (Å²) in [4.78, 5) is 0. The van der Waals surface area contributed by atoms with Gasteiger partial charge in [-0.05, 0) is 38.3 Å². The average molecular weight is 255 g/mol. The first kappa shape index (κ1) is 14.2. The molecule has 1 N–H and O–H groups in total. The molecule has 0 aliphatic carbocycles. The highest BCUT2D eigenvalue weighted by Crippen LogP contribution is 2.15. The number of rotatable bonds is 5. The lowest BCUT2D eigenvalue weighted by atomic mass is 10.1. The van der Waals surface area contributed by atoms with Gasteiger partial charge in [-0.1, -0.05) is 31.2 Å². The number of hydrogen-bond acceptors (Lipinski definition) is 2. The smallest absolute Gasteiger partial charge is 0.212 e. The molecule has 1 aromatic carbocycles. The largest absolute Gasteiger partial charge is 0.214 e. The first-order valence-electron chi connectivity index (χ1n) is 5.96. The molecule has 4 heteroatoms. The van der Waals surface area contributed by atoms with Gasteiger partial charge in [-0.25, -0.2) is 13.1 Å². The van der Waals surface area contributed by atoms with E-state index < -0.39 is 15.3 Å². The van der Waals surface area contributed by atoms with Crippen LogP contribution in [0.25, 0.3) is 0 Å². The van der Waals surface area contributed by atoms with Crippen molar-refractivity contribution in [2.24, 2.45) is 0 Å². The molecule has 0 fully saturated rings. The van der Waals surface area contributed by atoms with Gasteiger partial charge in [0, 0.05) is 6.04 Å². The lowest BCUT2D eigenvalue weighted by Gasteiger charge is -2.16. The molecule has 3 nitrogen and oxygen atoms in total. The van der Waals surface area contributed by atoms with Crippen LogP contribution in [0.15, 0.2) is 24.3 Å². The Morgan fingerprint density at radius 1 is 1.12 bits per heavy atom. The molecule has 0 radical (unpaired) electrons. The molecular weight excluding hydrogens is 234 g/mol. The fraction of sp³-hybridized carbons (Fsp3) is 0.538. The summed E-state index contributed by atoms with van der Waals surface area (Å²) < 4.78 is 26.1. The van der Waals surface area contributed by atoms with Crippen LogP contribution < -0.4 is 4.72 Å². The third-order valence-electron chi connectivity index (χ3n) is 2.85. The Kier molecular flexibility index (Phi) is 4.71. The standard InChI is InChI=1S/C13H21NO2S/c1-5-12-6-8-13(9-7-12)11(4)14-17(15,16)10(2)3/h6-11,14H,5H2,1-4H3. The predicted molar refractivity (Wildman–Crippen MR) is 71.4 cm³/mol. The van der Waals surface area contributed by atoms with Crippen LogP contribution >= 0.6 is 0 Å². The monoisotopic (exact) mass is 255 g/mol. The summed E-state index contributed by atoms with van der Waals surface area (Å²) in [5.74, 6) is 0. The maximum Gasteiger partial charge on any atom is 0.214 e. The fourth-order valence-electron chi connectivity index (χ4n) is 1.49. The van der Waals surface area contributed by atoms with Gasteiger partial charge in [0.2, 0.25) is 10.0 Å². The number of nitrogens with one attached hydrogen (secondary N) is 1. The highest BCUT2D eigenvalue weighted by atomic mass is 32.2. The number of aryl methyl sites for hydroxylation is 1. The molecule has 1 unspecified atom stereocenters. The van der Waals surface area contributed by atoms with Crippen LogP contribution in [0.2, 0.25) is 0 Å². The number of sulfonamides is 1. The van der Waals surface area contributed by atoms with Crippen molar-refractivity contribution in [1.82, 2.24) is 4.72 Å². The van der Waals surface area contributed by atoms with Crippen LogP contribution in [0.5, 0.6) is 0 Å². The Balaban J connectivity index is 2.80. The molecule has 0 spiro atoms. The van der Waals surface area contributed by atoms with Crippen LogP contribution in [-0.4, -0.2) is 13.7 Å². The molecule has 0 aliphatic heterocycles. The maximum atomic E-state index is 11.7. The minimum Gasteiger partial charge on any atom is -0.212 e. The van der Waals surface area contributed by atoms with Gasteiger partial charge < -0.3 is 0 Å². The zero-order valence-corrected chi connectivity index (χ0v) is 11.7. The Hall–Kier alpha value is -0.870. The second kappa shape index (κ2) is 5.65. The Labute approximate surface area is 104 Å². The molecule has 1 atom stereocenters. The quantitative estimate of drug-likeness (QED) is 0.879. The zero-order valence-electron chi connectivity index (χ0n) is 10.9. The molecule has 0 saturated carbocycles. The molecular formula is C13H21NO2S. The first-order valence-corrected chi connectivity index (χ1v) is 7.51. The minimum absolute atomic E-state index is 0.187. The molecule has 0 bridgehead atoms. The summed E-state index contributed by atoms with van der Waals surface area (Å²) in [5.41, 5.74) is 2.25. The summed E-state index contributed by atoms with van der Waals surface area (Å²) >= 11 is 0. The van der Waals surface area contributed by atoms with Crippen molar-refractivity contribution in [3.63, 3.8) is 0 Å². The van der Waals surface area contributed by atoms with Crippen LogP contribution in [0.3, 0.4) is 0 Å². The fourth-order valence-corrected chi connectivity index (χ4v) is 2.39. The third kappa shape index (κ3) is 3.82. The Morgan fingerprint density at radius 2 is 1.65 bits per heavy atom. The molecule has 1 rings (SSSR count). The topological polar surface area (TPSA) is 46.2 Å². The van der Waals surface area contributed by atoms with E-state index in [0.717, 1.165) is 12.0 Å². The van der Waals surface area contributed by atoms with Crippen LogP contribution in [0.1, 0.15) is 44.9 Å². The molecule has 0 aliphatic rings. The molecule has 1 aromatic rings. The van der Waals surface area contributed by atoms with Crippen LogP contribution in [0.4, 0.5) is 0 Å². The SMILES string of the molecule is CCc1ccc(C(C)NS(=O)(=O)C(C)C)cc1. The van der Waals surface area contributed by atoms with Crippen LogP contribution in [0, 0.1) is 0 Å². The van der Waals surface area contributed by atoms with Crippen molar-refractivity contribution in [3.8, 4) is 0 Å². The van der Waals surface area contributed by atoms with E-state index in [9.17, 15) is 8.42 Å². The number of hydrogen-bond donors (Lipinski definition) is 1. The van der Waals surface area contributed by atoms with Gasteiger partial charge >= 0.3 is 0 Å². The highest BCUT2D eigenvalue weighted by Gasteiger charge is 2.19. The summed E-state index contributed by atoms with van der Waals surface area (Å²) in [5, 5.41) is -0.403. The number of benzene rings is 1. The third-order valence-corrected chi connectivity index (χ3v) is 4.77. The van der Waals surface area contributed by atoms with Crippen molar-refractivity contribution in [1.29, 1.82) is 0 Å². The molecule has 96 valence electrons. The summed E-state index contributed by atoms with van der Waals surface area (Å²) in [6, 6.07) is 7.84. The van der Waals surface area contributed by atoms with Gasteiger partial charge in [-0.15, -0.1) is 0 Å². The van der Waals surface area contributed by atoms with Crippen molar-refractivity contribution >= 4 is 10.0 Å². The van der Waals surface area contributed by atoms with Crippen molar-refractivity contribution in [2.45, 2.75) is 45.4 Å². The van der Waals surface area contributed by atoms with Crippen molar-refractivity contribution in [3.05, 3.63) is 35.4 Å². The van der Waals surface area contributed by atoms with Gasteiger partial charge in [-0.2, -0.15) is 0 Å². The van der Waals surface area contributed by atoms with E-state index in [0.29, 0.717) is 0 Å². The van der Waals surface area contributed by atoms with E-state index in [2.05, 4.69) is 11.6 Å². The second-order valence-electron chi connectivity index (χ2n) is 4.53. The van der Waals surface area contributed by atoms with Crippen LogP contribution in [-0.2, 0) is 16.4 Å². The highest BCUT2D eigenvalue weighted by molar-refractivity contribution is 7.90. The predicted octanol–water partition coefficient (Wildman–Crippen LogP) is 2.64. The van der Waals surface area contributed by atoms with Gasteiger partial charge in [0.05, 0.1) is 5.25 Å². The average Bonchev–Trinajstić information content (AvgIpc) is 2.28. The van der Waals surface area contributed by atoms with Crippen molar-refractivity contribution in [2.75, 3.05) is 0 Å². The van der Waals surface area contributed by atoms with E-state index in [1.165, 1.54) is 5.56 Å². The van der Waals surface area contributed by atoms with E-state index in [1.807, 2.05) is 31.2 Å². The molecule has 0 saturated heterocycles. The van der Waals surface area contributed by atoms with Crippen molar-refractivity contribution < 1.29 is 8.42 Å². The molecule has 0 heterocycles. The normalized spacial score (nSPS) is 13.9. The van der Waals surface area contributed by atoms with E-state index >= 15 is 0 Å². The van der Waals surface area contributed by atoms with E-state index in [-0.39, 0.29) is 6.04 Å². The molecule has 0 aromatic heterocycles. The molecule has 0 amide bonds. The lowest BCUT2D eigenvalue weighted by Crippen LogP contribution is -2.32.